The van der Waals surface area contributed by atoms with Crippen molar-refractivity contribution in [3.8, 4) is 0 Å². The molecule has 0 radical (unpaired) electrons. The minimum absolute atomic E-state index is 0.00315. The van der Waals surface area contributed by atoms with Gasteiger partial charge in [0.25, 0.3) is 0 Å². The van der Waals surface area contributed by atoms with E-state index in [2.05, 4.69) is 0 Å². The van der Waals surface area contributed by atoms with Gasteiger partial charge < -0.3 is 9.47 Å². The van der Waals surface area contributed by atoms with Gasteiger partial charge in [0.1, 0.15) is 11.9 Å². The van der Waals surface area contributed by atoms with Gasteiger partial charge in [-0.3, -0.25) is 9.59 Å². The first kappa shape index (κ1) is 9.96. The van der Waals surface area contributed by atoms with Gasteiger partial charge in [0, 0.05) is 13.3 Å². The van der Waals surface area contributed by atoms with Crippen molar-refractivity contribution in [2.45, 2.75) is 25.9 Å². The molecule has 1 fully saturated rings. The molecule has 0 aromatic rings. The van der Waals surface area contributed by atoms with Crippen molar-refractivity contribution < 1.29 is 19.1 Å². The lowest BCUT2D eigenvalue weighted by molar-refractivity contribution is -0.150. The second-order valence-electron chi connectivity index (χ2n) is 3.65. The Balaban J connectivity index is 2.12. The molecule has 1 aliphatic heterocycles. The van der Waals surface area contributed by atoms with E-state index in [4.69, 9.17) is 9.47 Å². The maximum atomic E-state index is 11.1. The third-order valence-electron chi connectivity index (χ3n) is 2.52. The Labute approximate surface area is 87.5 Å². The van der Waals surface area contributed by atoms with Crippen molar-refractivity contribution in [3.05, 3.63) is 24.0 Å². The fraction of sp³-hybridized carbons (Fsp3) is 0.455. The van der Waals surface area contributed by atoms with E-state index < -0.39 is 0 Å². The van der Waals surface area contributed by atoms with Gasteiger partial charge in [-0.05, 0) is 18.6 Å². The highest BCUT2D eigenvalue weighted by atomic mass is 16.6. The van der Waals surface area contributed by atoms with Crippen LogP contribution < -0.4 is 0 Å². The smallest absolute Gasteiger partial charge is 0.310 e. The van der Waals surface area contributed by atoms with Gasteiger partial charge in [0.05, 0.1) is 5.92 Å². The third kappa shape index (κ3) is 2.09. The van der Waals surface area contributed by atoms with Crippen molar-refractivity contribution in [1.82, 2.24) is 0 Å². The summed E-state index contributed by atoms with van der Waals surface area (Å²) in [6.45, 7) is 1.38. The Bertz CT molecular complexity index is 354. The van der Waals surface area contributed by atoms with E-state index in [0.717, 1.165) is 0 Å². The zero-order chi connectivity index (χ0) is 10.8. The van der Waals surface area contributed by atoms with Gasteiger partial charge in [0.15, 0.2) is 0 Å². The van der Waals surface area contributed by atoms with Crippen LogP contribution >= 0.6 is 0 Å². The molecule has 15 heavy (non-hydrogen) atoms. The predicted molar refractivity (Wildman–Crippen MR) is 51.6 cm³/mol. The largest absolute Gasteiger partial charge is 0.458 e. The summed E-state index contributed by atoms with van der Waals surface area (Å²) in [6.07, 6.45) is 6.07. The van der Waals surface area contributed by atoms with E-state index in [9.17, 15) is 9.59 Å². The Hall–Kier alpha value is -1.58. The van der Waals surface area contributed by atoms with Gasteiger partial charge >= 0.3 is 11.9 Å². The minimum Gasteiger partial charge on any atom is -0.458 e. The van der Waals surface area contributed by atoms with Crippen LogP contribution in [0, 0.1) is 5.92 Å². The van der Waals surface area contributed by atoms with Gasteiger partial charge in [-0.2, -0.15) is 0 Å². The maximum Gasteiger partial charge on any atom is 0.310 e. The van der Waals surface area contributed by atoms with Crippen LogP contribution in [0.2, 0.25) is 0 Å². The number of carbonyl (C=O) groups excluding carboxylic acids is 2. The van der Waals surface area contributed by atoms with Crippen LogP contribution in [0.3, 0.4) is 0 Å². The van der Waals surface area contributed by atoms with E-state index in [1.165, 1.54) is 6.92 Å². The molecule has 0 N–H and O–H groups in total. The number of fused-ring (bicyclic) bond motifs is 1. The van der Waals surface area contributed by atoms with Crippen LogP contribution in [-0.2, 0) is 19.1 Å². The first-order valence-corrected chi connectivity index (χ1v) is 4.93. The van der Waals surface area contributed by atoms with Crippen LogP contribution in [0.4, 0.5) is 0 Å². The van der Waals surface area contributed by atoms with Gasteiger partial charge in [0.2, 0.25) is 0 Å². The van der Waals surface area contributed by atoms with Gasteiger partial charge in [-0.25, -0.2) is 0 Å². The van der Waals surface area contributed by atoms with Crippen LogP contribution in [0.15, 0.2) is 24.0 Å². The quantitative estimate of drug-likeness (QED) is 0.610. The molecule has 4 nitrogen and oxygen atoms in total. The molecule has 80 valence electrons. The lowest BCUT2D eigenvalue weighted by Crippen LogP contribution is -2.32. The molecule has 2 aliphatic rings. The summed E-state index contributed by atoms with van der Waals surface area (Å²) in [6, 6.07) is 0. The highest BCUT2D eigenvalue weighted by molar-refractivity contribution is 5.72. The van der Waals surface area contributed by atoms with Crippen LogP contribution in [-0.4, -0.2) is 18.0 Å². The predicted octanol–water partition coefficient (Wildman–Crippen LogP) is 1.32. The van der Waals surface area contributed by atoms with E-state index in [1.54, 1.807) is 12.2 Å². The zero-order valence-corrected chi connectivity index (χ0v) is 8.43. The molecule has 1 heterocycles. The molecule has 0 spiro atoms. The Kier molecular flexibility index (Phi) is 2.58. The molecule has 1 aliphatic carbocycles. The van der Waals surface area contributed by atoms with E-state index in [0.29, 0.717) is 18.6 Å². The van der Waals surface area contributed by atoms with Crippen LogP contribution in [0.5, 0.6) is 0 Å². The molecule has 4 heteroatoms. The summed E-state index contributed by atoms with van der Waals surface area (Å²) < 4.78 is 10.2. The van der Waals surface area contributed by atoms with Crippen molar-refractivity contribution in [1.29, 1.82) is 0 Å². The molecule has 2 rings (SSSR count). The molecule has 1 saturated heterocycles. The Morgan fingerprint density at radius 3 is 3.13 bits per heavy atom. The number of rotatable bonds is 1. The molecular formula is C11H12O4. The summed E-state index contributed by atoms with van der Waals surface area (Å²) in [5, 5.41) is 0. The molecule has 0 aromatic heterocycles. The number of hydrogen-bond acceptors (Lipinski definition) is 4. The molecule has 0 aromatic carbocycles. The summed E-state index contributed by atoms with van der Waals surface area (Å²) in [7, 11) is 0. The Morgan fingerprint density at radius 1 is 1.60 bits per heavy atom. The highest BCUT2D eigenvalue weighted by Gasteiger charge is 2.34. The summed E-state index contributed by atoms with van der Waals surface area (Å²) in [5.41, 5.74) is 0. The van der Waals surface area contributed by atoms with Crippen LogP contribution in [0.25, 0.3) is 0 Å². The first-order valence-electron chi connectivity index (χ1n) is 4.93. The minimum atomic E-state index is -0.317. The van der Waals surface area contributed by atoms with Crippen LogP contribution in [0.1, 0.15) is 19.8 Å². The van der Waals surface area contributed by atoms with Gasteiger partial charge in [-0.15, -0.1) is 0 Å². The second-order valence-corrected chi connectivity index (χ2v) is 3.65. The number of ether oxygens (including phenoxy) is 2. The molecule has 2 unspecified atom stereocenters. The normalized spacial score (nSPS) is 28.9. The van der Waals surface area contributed by atoms with Crippen molar-refractivity contribution >= 4 is 11.9 Å². The van der Waals surface area contributed by atoms with E-state index in [-0.39, 0.29) is 24.0 Å². The van der Waals surface area contributed by atoms with E-state index >= 15 is 0 Å². The van der Waals surface area contributed by atoms with Crippen molar-refractivity contribution in [2.24, 2.45) is 5.92 Å². The third-order valence-corrected chi connectivity index (χ3v) is 2.52. The summed E-state index contributed by atoms with van der Waals surface area (Å²) in [4.78, 5) is 21.9. The monoisotopic (exact) mass is 208 g/mol. The molecule has 0 amide bonds. The van der Waals surface area contributed by atoms with Gasteiger partial charge in [-0.1, -0.05) is 6.08 Å². The summed E-state index contributed by atoms with van der Waals surface area (Å²) >= 11 is 0. The second kappa shape index (κ2) is 3.88. The molecule has 2 atom stereocenters. The topological polar surface area (TPSA) is 52.6 Å². The lowest BCUT2D eigenvalue weighted by atomic mass is 9.89. The Morgan fingerprint density at radius 2 is 2.40 bits per heavy atom. The number of hydrogen-bond donors (Lipinski definition) is 0. The van der Waals surface area contributed by atoms with Crippen molar-refractivity contribution in [2.75, 3.05) is 0 Å². The highest BCUT2D eigenvalue weighted by Crippen LogP contribution is 2.32. The summed E-state index contributed by atoms with van der Waals surface area (Å²) in [5.74, 6) is 0.0776. The first-order chi connectivity index (χ1) is 7.16. The number of carbonyl (C=O) groups is 2. The zero-order valence-electron chi connectivity index (χ0n) is 8.43. The lowest BCUT2D eigenvalue weighted by Gasteiger charge is -2.31. The molecule has 0 bridgehead atoms. The average Bonchev–Trinajstić information content (AvgIpc) is 2.16. The standard InChI is InChI=1S/C11H12O4/c1-7(12)14-9-3-2-4-10-8(9)5-6-11(13)15-10/h2-4,8-9H,5-6H2,1H3. The fourth-order valence-electron chi connectivity index (χ4n) is 1.86. The average molecular weight is 208 g/mol. The van der Waals surface area contributed by atoms with E-state index in [1.807, 2.05) is 6.08 Å². The molecular weight excluding hydrogens is 196 g/mol. The van der Waals surface area contributed by atoms with Crippen molar-refractivity contribution in [3.63, 3.8) is 0 Å². The fourth-order valence-corrected chi connectivity index (χ4v) is 1.86. The maximum absolute atomic E-state index is 11.1. The number of allylic oxidation sites excluding steroid dienone is 2. The molecule has 0 saturated carbocycles. The number of esters is 2. The SMILES string of the molecule is CC(=O)OC1C=CC=C2OC(=O)CCC21.